The lowest BCUT2D eigenvalue weighted by Crippen LogP contribution is -2.15. The van der Waals surface area contributed by atoms with Crippen LogP contribution >= 0.6 is 0 Å². The van der Waals surface area contributed by atoms with Gasteiger partial charge in [0.1, 0.15) is 17.2 Å². The van der Waals surface area contributed by atoms with Crippen molar-refractivity contribution in [1.29, 1.82) is 0 Å². The number of furan rings is 1. The highest BCUT2D eigenvalue weighted by Gasteiger charge is 2.22. The van der Waals surface area contributed by atoms with Crippen molar-refractivity contribution in [1.82, 2.24) is 5.32 Å². The first kappa shape index (κ1) is 10.8. The minimum Gasteiger partial charge on any atom is -0.459 e. The van der Waals surface area contributed by atoms with Crippen LogP contribution in [0.15, 0.2) is 22.6 Å². The molecule has 1 heterocycles. The Balaban J connectivity index is 1.97. The molecule has 1 aliphatic rings. The van der Waals surface area contributed by atoms with E-state index < -0.39 is 0 Å². The molecule has 0 amide bonds. The van der Waals surface area contributed by atoms with Crippen LogP contribution in [-0.2, 0) is 13.0 Å². The summed E-state index contributed by atoms with van der Waals surface area (Å²) in [7, 11) is 0. The van der Waals surface area contributed by atoms with Gasteiger partial charge >= 0.3 is 0 Å². The highest BCUT2D eigenvalue weighted by Crippen LogP contribution is 2.28. The van der Waals surface area contributed by atoms with E-state index in [1.54, 1.807) is 12.1 Å². The van der Waals surface area contributed by atoms with Crippen LogP contribution in [-0.4, -0.2) is 6.04 Å². The molecule has 0 aliphatic heterocycles. The van der Waals surface area contributed by atoms with E-state index in [1.165, 1.54) is 18.9 Å². The molecule has 3 heteroatoms. The molecule has 1 aromatic carbocycles. The first-order valence-electron chi connectivity index (χ1n) is 6.21. The Kier molecular flexibility index (Phi) is 2.63. The maximum atomic E-state index is 13.2. The third kappa shape index (κ3) is 2.07. The summed E-state index contributed by atoms with van der Waals surface area (Å²) in [6, 6.07) is 5.39. The predicted molar refractivity (Wildman–Crippen MR) is 65.4 cm³/mol. The van der Waals surface area contributed by atoms with Crippen molar-refractivity contribution in [2.75, 3.05) is 0 Å². The van der Waals surface area contributed by atoms with Gasteiger partial charge in [-0.15, -0.1) is 0 Å². The van der Waals surface area contributed by atoms with Crippen LogP contribution in [0.1, 0.15) is 31.1 Å². The van der Waals surface area contributed by atoms with Gasteiger partial charge in [0, 0.05) is 17.0 Å². The fourth-order valence-electron chi connectivity index (χ4n) is 2.23. The van der Waals surface area contributed by atoms with E-state index in [0.29, 0.717) is 6.04 Å². The Morgan fingerprint density at radius 1 is 1.41 bits per heavy atom. The molecule has 1 saturated carbocycles. The van der Waals surface area contributed by atoms with Crippen molar-refractivity contribution >= 4 is 11.0 Å². The molecule has 90 valence electrons. The van der Waals surface area contributed by atoms with Crippen molar-refractivity contribution in [2.45, 2.75) is 38.8 Å². The van der Waals surface area contributed by atoms with Gasteiger partial charge in [-0.1, -0.05) is 6.92 Å². The molecular formula is C14H16FNO. The molecule has 0 radical (unpaired) electrons. The zero-order valence-electron chi connectivity index (χ0n) is 9.92. The van der Waals surface area contributed by atoms with Crippen molar-refractivity contribution < 1.29 is 8.81 Å². The van der Waals surface area contributed by atoms with Crippen LogP contribution < -0.4 is 5.32 Å². The summed E-state index contributed by atoms with van der Waals surface area (Å²) in [5, 5.41) is 4.35. The summed E-state index contributed by atoms with van der Waals surface area (Å²) >= 11 is 0. The van der Waals surface area contributed by atoms with E-state index in [9.17, 15) is 4.39 Å². The molecule has 17 heavy (non-hydrogen) atoms. The summed E-state index contributed by atoms with van der Waals surface area (Å²) < 4.78 is 19.0. The Labute approximate surface area is 99.8 Å². The zero-order chi connectivity index (χ0) is 11.8. The van der Waals surface area contributed by atoms with Gasteiger partial charge in [-0.25, -0.2) is 4.39 Å². The molecule has 0 saturated heterocycles. The molecule has 1 aliphatic carbocycles. The first-order chi connectivity index (χ1) is 8.28. The average molecular weight is 233 g/mol. The highest BCUT2D eigenvalue weighted by molar-refractivity contribution is 5.82. The predicted octanol–water partition coefficient (Wildman–Crippen LogP) is 3.39. The molecule has 3 rings (SSSR count). The summed E-state index contributed by atoms with van der Waals surface area (Å²) in [5.41, 5.74) is 1.92. The van der Waals surface area contributed by atoms with Crippen LogP contribution in [0.5, 0.6) is 0 Å². The normalized spacial score (nSPS) is 15.6. The summed E-state index contributed by atoms with van der Waals surface area (Å²) in [5.74, 6) is 0.759. The lowest BCUT2D eigenvalue weighted by Gasteiger charge is -2.01. The number of halogens is 1. The molecule has 0 bridgehead atoms. The quantitative estimate of drug-likeness (QED) is 0.875. The van der Waals surface area contributed by atoms with Crippen molar-refractivity contribution in [3.05, 3.63) is 35.3 Å². The second kappa shape index (κ2) is 4.15. The molecule has 2 nitrogen and oxygen atoms in total. The van der Waals surface area contributed by atoms with E-state index >= 15 is 0 Å². The van der Waals surface area contributed by atoms with Crippen molar-refractivity contribution in [3.8, 4) is 0 Å². The Morgan fingerprint density at radius 3 is 2.94 bits per heavy atom. The van der Waals surface area contributed by atoms with Gasteiger partial charge in [-0.2, -0.15) is 0 Å². The molecule has 0 spiro atoms. The fraction of sp³-hybridized carbons (Fsp3) is 0.429. The molecule has 0 atom stereocenters. The Morgan fingerprint density at radius 2 is 2.24 bits per heavy atom. The third-order valence-corrected chi connectivity index (χ3v) is 3.32. The van der Waals surface area contributed by atoms with Crippen LogP contribution in [0.2, 0.25) is 0 Å². The number of fused-ring (bicyclic) bond motifs is 1. The topological polar surface area (TPSA) is 25.2 Å². The van der Waals surface area contributed by atoms with Gasteiger partial charge in [-0.05, 0) is 37.5 Å². The average Bonchev–Trinajstić information content (AvgIpc) is 3.08. The van der Waals surface area contributed by atoms with Gasteiger partial charge < -0.3 is 9.73 Å². The summed E-state index contributed by atoms with van der Waals surface area (Å²) in [6.07, 6.45) is 3.39. The van der Waals surface area contributed by atoms with Gasteiger partial charge in [0.15, 0.2) is 0 Å². The lowest BCUT2D eigenvalue weighted by molar-refractivity contribution is 0.506. The SMILES string of the molecule is CCc1c(CNC2CC2)oc2ccc(F)cc12. The fourth-order valence-corrected chi connectivity index (χ4v) is 2.23. The van der Waals surface area contributed by atoms with Crippen LogP contribution in [0.25, 0.3) is 11.0 Å². The molecule has 2 aromatic rings. The minimum absolute atomic E-state index is 0.199. The van der Waals surface area contributed by atoms with Crippen LogP contribution in [0.3, 0.4) is 0 Å². The van der Waals surface area contributed by atoms with E-state index in [0.717, 1.165) is 35.3 Å². The maximum Gasteiger partial charge on any atom is 0.134 e. The van der Waals surface area contributed by atoms with Gasteiger partial charge in [0.2, 0.25) is 0 Å². The number of hydrogen-bond acceptors (Lipinski definition) is 2. The van der Waals surface area contributed by atoms with Gasteiger partial charge in [-0.3, -0.25) is 0 Å². The monoisotopic (exact) mass is 233 g/mol. The van der Waals surface area contributed by atoms with Crippen LogP contribution in [0.4, 0.5) is 4.39 Å². The molecular weight excluding hydrogens is 217 g/mol. The van der Waals surface area contributed by atoms with E-state index in [-0.39, 0.29) is 5.82 Å². The largest absolute Gasteiger partial charge is 0.459 e. The molecule has 0 unspecified atom stereocenters. The molecule has 1 aromatic heterocycles. The van der Waals surface area contributed by atoms with E-state index in [2.05, 4.69) is 12.2 Å². The molecule has 1 N–H and O–H groups in total. The first-order valence-corrected chi connectivity index (χ1v) is 6.21. The number of benzene rings is 1. The number of rotatable bonds is 4. The van der Waals surface area contributed by atoms with Crippen LogP contribution in [0, 0.1) is 5.82 Å². The number of nitrogens with one attached hydrogen (secondary N) is 1. The zero-order valence-corrected chi connectivity index (χ0v) is 9.92. The molecule has 1 fully saturated rings. The van der Waals surface area contributed by atoms with Gasteiger partial charge in [0.25, 0.3) is 0 Å². The van der Waals surface area contributed by atoms with Crippen molar-refractivity contribution in [3.63, 3.8) is 0 Å². The third-order valence-electron chi connectivity index (χ3n) is 3.32. The second-order valence-electron chi connectivity index (χ2n) is 4.65. The maximum absolute atomic E-state index is 13.2. The Hall–Kier alpha value is -1.35. The van der Waals surface area contributed by atoms with Crippen molar-refractivity contribution in [2.24, 2.45) is 0 Å². The second-order valence-corrected chi connectivity index (χ2v) is 4.65. The standard InChI is InChI=1S/C14H16FNO/c1-2-11-12-7-9(15)3-6-13(12)17-14(11)8-16-10-4-5-10/h3,6-7,10,16H,2,4-5,8H2,1H3. The summed E-state index contributed by atoms with van der Waals surface area (Å²) in [4.78, 5) is 0. The Bertz CT molecular complexity index is 542. The highest BCUT2D eigenvalue weighted by atomic mass is 19.1. The smallest absolute Gasteiger partial charge is 0.134 e. The summed E-state index contributed by atoms with van der Waals surface area (Å²) in [6.45, 7) is 2.83. The lowest BCUT2D eigenvalue weighted by atomic mass is 10.1. The van der Waals surface area contributed by atoms with E-state index in [4.69, 9.17) is 4.42 Å². The van der Waals surface area contributed by atoms with E-state index in [1.807, 2.05) is 0 Å². The van der Waals surface area contributed by atoms with Gasteiger partial charge in [0.05, 0.1) is 6.54 Å². The minimum atomic E-state index is -0.199. The number of aryl methyl sites for hydroxylation is 1. The number of hydrogen-bond donors (Lipinski definition) is 1.